The topological polar surface area (TPSA) is 12.0 Å². The van der Waals surface area contributed by atoms with Crippen LogP contribution in [0, 0.1) is 11.7 Å². The van der Waals surface area contributed by atoms with E-state index in [4.69, 9.17) is 11.6 Å². The maximum absolute atomic E-state index is 13.4. The van der Waals surface area contributed by atoms with Crippen LogP contribution < -0.4 is 5.32 Å². The van der Waals surface area contributed by atoms with Gasteiger partial charge in [0.2, 0.25) is 0 Å². The van der Waals surface area contributed by atoms with Crippen LogP contribution in [0.2, 0.25) is 5.02 Å². The first kappa shape index (κ1) is 14.5. The van der Waals surface area contributed by atoms with Gasteiger partial charge in [-0.25, -0.2) is 4.39 Å². The average molecular weight is 258 g/mol. The van der Waals surface area contributed by atoms with Crippen LogP contribution in [0.4, 0.5) is 4.39 Å². The molecule has 1 aromatic rings. The van der Waals surface area contributed by atoms with Crippen LogP contribution in [0.25, 0.3) is 0 Å². The summed E-state index contributed by atoms with van der Waals surface area (Å²) in [6.07, 6.45) is 2.87. The molecule has 0 aliphatic heterocycles. The molecule has 0 unspecified atom stereocenters. The van der Waals surface area contributed by atoms with Crippen molar-refractivity contribution in [2.45, 2.75) is 33.1 Å². The lowest BCUT2D eigenvalue weighted by Crippen LogP contribution is -2.20. The van der Waals surface area contributed by atoms with Crippen molar-refractivity contribution in [2.75, 3.05) is 13.1 Å². The van der Waals surface area contributed by atoms with E-state index in [-0.39, 0.29) is 5.82 Å². The Labute approximate surface area is 108 Å². The molecular weight excluding hydrogens is 237 g/mol. The van der Waals surface area contributed by atoms with E-state index in [1.807, 2.05) is 0 Å². The molecule has 96 valence electrons. The van der Waals surface area contributed by atoms with E-state index in [1.165, 1.54) is 6.07 Å². The molecule has 0 atom stereocenters. The third-order valence-electron chi connectivity index (χ3n) is 2.62. The summed E-state index contributed by atoms with van der Waals surface area (Å²) in [6.45, 7) is 6.44. The van der Waals surface area contributed by atoms with Gasteiger partial charge in [0.25, 0.3) is 0 Å². The standard InChI is InChI=1S/C14H21ClFN/c1-11(2)10-17-8-4-3-5-12-6-7-13(15)9-14(12)16/h6-7,9,11,17H,3-5,8,10H2,1-2H3. The SMILES string of the molecule is CC(C)CNCCCCc1ccc(Cl)cc1F. The fraction of sp³-hybridized carbons (Fsp3) is 0.571. The molecule has 1 rings (SSSR count). The second kappa shape index (κ2) is 7.67. The molecule has 1 nitrogen and oxygen atoms in total. The summed E-state index contributed by atoms with van der Waals surface area (Å²) >= 11 is 5.70. The molecule has 0 aliphatic carbocycles. The summed E-state index contributed by atoms with van der Waals surface area (Å²) in [4.78, 5) is 0. The van der Waals surface area contributed by atoms with Gasteiger partial charge in [0, 0.05) is 5.02 Å². The number of hydrogen-bond donors (Lipinski definition) is 1. The second-order valence-electron chi connectivity index (χ2n) is 4.79. The molecule has 0 aliphatic rings. The molecule has 0 radical (unpaired) electrons. The van der Waals surface area contributed by atoms with E-state index in [9.17, 15) is 4.39 Å². The summed E-state index contributed by atoms with van der Waals surface area (Å²) in [5, 5.41) is 3.84. The predicted octanol–water partition coefficient (Wildman–Crippen LogP) is 4.05. The minimum absolute atomic E-state index is 0.187. The van der Waals surface area contributed by atoms with Crippen molar-refractivity contribution in [1.29, 1.82) is 0 Å². The summed E-state index contributed by atoms with van der Waals surface area (Å²) in [6, 6.07) is 4.91. The largest absolute Gasteiger partial charge is 0.316 e. The van der Waals surface area contributed by atoms with E-state index in [0.717, 1.165) is 37.9 Å². The Balaban J connectivity index is 2.18. The van der Waals surface area contributed by atoms with E-state index < -0.39 is 0 Å². The summed E-state index contributed by atoms with van der Waals surface area (Å²) < 4.78 is 13.4. The molecule has 0 aromatic heterocycles. The minimum Gasteiger partial charge on any atom is -0.316 e. The summed E-state index contributed by atoms with van der Waals surface area (Å²) in [5.41, 5.74) is 0.762. The van der Waals surface area contributed by atoms with Crippen molar-refractivity contribution >= 4 is 11.6 Å². The number of aryl methyl sites for hydroxylation is 1. The van der Waals surface area contributed by atoms with Crippen LogP contribution in [0.15, 0.2) is 18.2 Å². The van der Waals surface area contributed by atoms with Crippen LogP contribution in [0.1, 0.15) is 32.3 Å². The van der Waals surface area contributed by atoms with E-state index in [0.29, 0.717) is 10.9 Å². The lowest BCUT2D eigenvalue weighted by atomic mass is 10.1. The van der Waals surface area contributed by atoms with Gasteiger partial charge in [-0.15, -0.1) is 0 Å². The molecule has 17 heavy (non-hydrogen) atoms. The van der Waals surface area contributed by atoms with Crippen LogP contribution in [-0.4, -0.2) is 13.1 Å². The highest BCUT2D eigenvalue weighted by molar-refractivity contribution is 6.30. The monoisotopic (exact) mass is 257 g/mol. The maximum Gasteiger partial charge on any atom is 0.127 e. The highest BCUT2D eigenvalue weighted by Gasteiger charge is 2.02. The van der Waals surface area contributed by atoms with Gasteiger partial charge in [-0.1, -0.05) is 31.5 Å². The fourth-order valence-corrected chi connectivity index (χ4v) is 1.84. The van der Waals surface area contributed by atoms with Gasteiger partial charge in [-0.2, -0.15) is 0 Å². The van der Waals surface area contributed by atoms with Gasteiger partial charge >= 0.3 is 0 Å². The van der Waals surface area contributed by atoms with Crippen molar-refractivity contribution in [3.05, 3.63) is 34.6 Å². The Morgan fingerprint density at radius 3 is 2.71 bits per heavy atom. The fourth-order valence-electron chi connectivity index (χ4n) is 1.68. The average Bonchev–Trinajstić information content (AvgIpc) is 2.25. The zero-order valence-corrected chi connectivity index (χ0v) is 11.4. The van der Waals surface area contributed by atoms with Crippen LogP contribution in [0.5, 0.6) is 0 Å². The van der Waals surface area contributed by atoms with Crippen molar-refractivity contribution in [3.8, 4) is 0 Å². The number of unbranched alkanes of at least 4 members (excludes halogenated alkanes) is 1. The van der Waals surface area contributed by atoms with Crippen molar-refractivity contribution in [1.82, 2.24) is 5.32 Å². The molecule has 0 heterocycles. The van der Waals surface area contributed by atoms with Gasteiger partial charge < -0.3 is 5.32 Å². The number of rotatable bonds is 7. The highest BCUT2D eigenvalue weighted by Crippen LogP contribution is 2.16. The Kier molecular flexibility index (Phi) is 6.53. The number of nitrogens with one attached hydrogen (secondary N) is 1. The lowest BCUT2D eigenvalue weighted by Gasteiger charge is -2.07. The molecule has 0 fully saturated rings. The van der Waals surface area contributed by atoms with Crippen LogP contribution >= 0.6 is 11.6 Å². The minimum atomic E-state index is -0.187. The van der Waals surface area contributed by atoms with E-state index in [1.54, 1.807) is 12.1 Å². The first-order chi connectivity index (χ1) is 8.09. The van der Waals surface area contributed by atoms with Crippen LogP contribution in [0.3, 0.4) is 0 Å². The number of benzene rings is 1. The predicted molar refractivity (Wildman–Crippen MR) is 72.1 cm³/mol. The van der Waals surface area contributed by atoms with E-state index in [2.05, 4.69) is 19.2 Å². The first-order valence-electron chi connectivity index (χ1n) is 6.24. The molecule has 0 amide bonds. The third-order valence-corrected chi connectivity index (χ3v) is 2.85. The van der Waals surface area contributed by atoms with Crippen molar-refractivity contribution < 1.29 is 4.39 Å². The zero-order chi connectivity index (χ0) is 12.7. The maximum atomic E-state index is 13.4. The lowest BCUT2D eigenvalue weighted by molar-refractivity contribution is 0.532. The normalized spacial score (nSPS) is 11.1. The van der Waals surface area contributed by atoms with E-state index >= 15 is 0 Å². The van der Waals surface area contributed by atoms with Gasteiger partial charge in [-0.3, -0.25) is 0 Å². The first-order valence-corrected chi connectivity index (χ1v) is 6.62. The van der Waals surface area contributed by atoms with Crippen molar-refractivity contribution in [2.24, 2.45) is 5.92 Å². The molecule has 0 bridgehead atoms. The second-order valence-corrected chi connectivity index (χ2v) is 5.23. The molecule has 3 heteroatoms. The van der Waals surface area contributed by atoms with Gasteiger partial charge in [0.15, 0.2) is 0 Å². The molecule has 0 saturated heterocycles. The Morgan fingerprint density at radius 1 is 1.29 bits per heavy atom. The summed E-state index contributed by atoms with van der Waals surface area (Å²) in [7, 11) is 0. The molecule has 0 saturated carbocycles. The molecule has 0 spiro atoms. The van der Waals surface area contributed by atoms with Gasteiger partial charge in [-0.05, 0) is 56.0 Å². The molecular formula is C14H21ClFN. The molecule has 1 N–H and O–H groups in total. The summed E-state index contributed by atoms with van der Waals surface area (Å²) in [5.74, 6) is 0.497. The van der Waals surface area contributed by atoms with Gasteiger partial charge in [0.05, 0.1) is 0 Å². The van der Waals surface area contributed by atoms with Crippen LogP contribution in [-0.2, 0) is 6.42 Å². The Bertz CT molecular complexity index is 339. The Hall–Kier alpha value is -0.600. The van der Waals surface area contributed by atoms with Crippen molar-refractivity contribution in [3.63, 3.8) is 0 Å². The third kappa shape index (κ3) is 6.04. The smallest absolute Gasteiger partial charge is 0.127 e. The molecule has 1 aromatic carbocycles. The Morgan fingerprint density at radius 2 is 2.06 bits per heavy atom. The quantitative estimate of drug-likeness (QED) is 0.727. The zero-order valence-electron chi connectivity index (χ0n) is 10.6. The number of hydrogen-bond acceptors (Lipinski definition) is 1. The van der Waals surface area contributed by atoms with Gasteiger partial charge in [0.1, 0.15) is 5.82 Å². The highest BCUT2D eigenvalue weighted by atomic mass is 35.5. The number of halogens is 2.